The number of carbonyl (C=O) groups is 1. The van der Waals surface area contributed by atoms with Gasteiger partial charge in [0.1, 0.15) is 5.76 Å². The second kappa shape index (κ2) is 3.74. The molecule has 0 saturated carbocycles. The van der Waals surface area contributed by atoms with Crippen LogP contribution >= 0.6 is 0 Å². The largest absolute Gasteiger partial charge is 0.464 e. The minimum absolute atomic E-state index is 0.0905. The van der Waals surface area contributed by atoms with Crippen LogP contribution in [0.2, 0.25) is 0 Å². The Balaban J connectivity index is 2.06. The average Bonchev–Trinajstić information content (AvgIpc) is 2.88. The topological polar surface area (TPSA) is 96.7 Å². The van der Waals surface area contributed by atoms with Gasteiger partial charge >= 0.3 is 0 Å². The molecule has 0 bridgehead atoms. The van der Waals surface area contributed by atoms with E-state index in [1.54, 1.807) is 12.1 Å². The Morgan fingerprint density at radius 3 is 3.07 bits per heavy atom. The lowest BCUT2D eigenvalue weighted by molar-refractivity contribution is -0.111. The Kier molecular flexibility index (Phi) is 2.28. The third-order valence-electron chi connectivity index (χ3n) is 1.66. The van der Waals surface area contributed by atoms with Crippen LogP contribution in [0.5, 0.6) is 0 Å². The molecule has 7 nitrogen and oxygen atoms in total. The highest BCUT2D eigenvalue weighted by molar-refractivity contribution is 6.23. The van der Waals surface area contributed by atoms with Crippen LogP contribution in [0.15, 0.2) is 29.4 Å². The van der Waals surface area contributed by atoms with Crippen molar-refractivity contribution < 1.29 is 9.21 Å². The van der Waals surface area contributed by atoms with Gasteiger partial charge in [-0.15, -0.1) is 5.10 Å². The van der Waals surface area contributed by atoms with E-state index in [0.29, 0.717) is 5.76 Å². The molecule has 0 aliphatic carbocycles. The molecule has 0 radical (unpaired) electrons. The summed E-state index contributed by atoms with van der Waals surface area (Å²) in [7, 11) is 0. The van der Waals surface area contributed by atoms with Gasteiger partial charge in [0.05, 0.1) is 11.8 Å². The second-order valence-electron chi connectivity index (χ2n) is 2.65. The van der Waals surface area contributed by atoms with Crippen LogP contribution in [0.25, 0.3) is 5.57 Å². The van der Waals surface area contributed by atoms with Gasteiger partial charge in [-0.3, -0.25) is 10.1 Å². The number of anilines is 1. The molecule has 15 heavy (non-hydrogen) atoms. The number of amides is 1. The van der Waals surface area contributed by atoms with Gasteiger partial charge in [-0.05, 0) is 17.3 Å². The van der Waals surface area contributed by atoms with Gasteiger partial charge in [0.15, 0.2) is 0 Å². The molecule has 0 fully saturated rings. The predicted octanol–water partition coefficient (Wildman–Crippen LogP) is 0.445. The lowest BCUT2D eigenvalue weighted by Gasteiger charge is -2.00. The molecule has 0 saturated heterocycles. The number of hydrogen-bond acceptors (Lipinski definition) is 5. The van der Waals surface area contributed by atoms with Crippen molar-refractivity contribution in [3.8, 4) is 0 Å². The zero-order valence-electron chi connectivity index (χ0n) is 7.60. The maximum atomic E-state index is 11.5. The van der Waals surface area contributed by atoms with E-state index in [1.807, 2.05) is 0 Å². The Morgan fingerprint density at radius 2 is 2.47 bits per heavy atom. The van der Waals surface area contributed by atoms with Gasteiger partial charge in [-0.25, -0.2) is 0 Å². The number of aromatic amines is 1. The molecule has 0 aliphatic heterocycles. The number of aromatic nitrogens is 4. The number of nitrogens with one attached hydrogen (secondary N) is 2. The summed E-state index contributed by atoms with van der Waals surface area (Å²) in [6, 6.07) is 3.31. The quantitative estimate of drug-likeness (QED) is 0.709. The van der Waals surface area contributed by atoms with Crippen LogP contribution in [0, 0.1) is 0 Å². The van der Waals surface area contributed by atoms with Crippen LogP contribution in [0.4, 0.5) is 5.95 Å². The Morgan fingerprint density at radius 1 is 1.60 bits per heavy atom. The summed E-state index contributed by atoms with van der Waals surface area (Å²) in [5.74, 6) is 0.0510. The lowest BCUT2D eigenvalue weighted by Crippen LogP contribution is -2.13. The highest BCUT2D eigenvalue weighted by atomic mass is 16.3. The molecular formula is C8H7N5O2. The fourth-order valence-electron chi connectivity index (χ4n) is 0.954. The van der Waals surface area contributed by atoms with Crippen molar-refractivity contribution >= 4 is 17.4 Å². The van der Waals surface area contributed by atoms with E-state index in [-0.39, 0.29) is 11.5 Å². The van der Waals surface area contributed by atoms with Crippen LogP contribution in [0.3, 0.4) is 0 Å². The van der Waals surface area contributed by atoms with Crippen molar-refractivity contribution in [2.45, 2.75) is 0 Å². The van der Waals surface area contributed by atoms with Crippen molar-refractivity contribution in [1.82, 2.24) is 20.6 Å². The molecule has 0 unspecified atom stereocenters. The SMILES string of the molecule is C=C(C(=O)Nc1nn[nH]n1)c1ccco1. The lowest BCUT2D eigenvalue weighted by atomic mass is 10.2. The summed E-state index contributed by atoms with van der Waals surface area (Å²) in [5.41, 5.74) is 0.199. The summed E-state index contributed by atoms with van der Waals surface area (Å²) >= 11 is 0. The summed E-state index contributed by atoms with van der Waals surface area (Å²) in [6.45, 7) is 3.59. The van der Waals surface area contributed by atoms with E-state index >= 15 is 0 Å². The summed E-state index contributed by atoms with van der Waals surface area (Å²) < 4.78 is 5.01. The summed E-state index contributed by atoms with van der Waals surface area (Å²) in [4.78, 5) is 11.5. The second-order valence-corrected chi connectivity index (χ2v) is 2.65. The van der Waals surface area contributed by atoms with Gasteiger partial charge in [0, 0.05) is 0 Å². The number of nitrogens with zero attached hydrogens (tertiary/aromatic N) is 3. The number of H-pyrrole nitrogens is 1. The number of carbonyl (C=O) groups excluding carboxylic acids is 1. The molecule has 2 N–H and O–H groups in total. The first-order valence-electron chi connectivity index (χ1n) is 4.05. The van der Waals surface area contributed by atoms with Crippen molar-refractivity contribution in [1.29, 1.82) is 0 Å². The summed E-state index contributed by atoms with van der Waals surface area (Å²) in [5, 5.41) is 15.0. The van der Waals surface area contributed by atoms with Gasteiger partial charge in [0.2, 0.25) is 0 Å². The Bertz CT molecular complexity index is 459. The molecule has 1 amide bonds. The van der Waals surface area contributed by atoms with Crippen LogP contribution in [-0.2, 0) is 4.79 Å². The molecule has 2 rings (SSSR count). The smallest absolute Gasteiger partial charge is 0.270 e. The van der Waals surface area contributed by atoms with E-state index in [9.17, 15) is 4.79 Å². The number of tetrazole rings is 1. The normalized spacial score (nSPS) is 9.87. The van der Waals surface area contributed by atoms with Crippen molar-refractivity contribution in [2.24, 2.45) is 0 Å². The Labute approximate surface area is 84.2 Å². The van der Waals surface area contributed by atoms with E-state index in [2.05, 4.69) is 32.5 Å². The van der Waals surface area contributed by atoms with Gasteiger partial charge in [-0.2, -0.15) is 5.21 Å². The first-order valence-corrected chi connectivity index (χ1v) is 4.05. The van der Waals surface area contributed by atoms with Crippen LogP contribution < -0.4 is 5.32 Å². The molecule has 0 aromatic carbocycles. The molecule has 0 spiro atoms. The van der Waals surface area contributed by atoms with Crippen molar-refractivity contribution in [3.63, 3.8) is 0 Å². The highest BCUT2D eigenvalue weighted by Crippen LogP contribution is 2.13. The number of hydrogen-bond donors (Lipinski definition) is 2. The molecule has 2 aromatic rings. The maximum absolute atomic E-state index is 11.5. The monoisotopic (exact) mass is 205 g/mol. The van der Waals surface area contributed by atoms with Crippen molar-refractivity contribution in [2.75, 3.05) is 5.32 Å². The first-order chi connectivity index (χ1) is 7.27. The number of furan rings is 1. The summed E-state index contributed by atoms with van der Waals surface area (Å²) in [6.07, 6.45) is 1.46. The highest BCUT2D eigenvalue weighted by Gasteiger charge is 2.13. The fourth-order valence-corrected chi connectivity index (χ4v) is 0.954. The fraction of sp³-hybridized carbons (Fsp3) is 0. The van der Waals surface area contributed by atoms with E-state index in [4.69, 9.17) is 4.42 Å². The Hall–Kier alpha value is -2.44. The molecule has 0 atom stereocenters. The van der Waals surface area contributed by atoms with Gasteiger partial charge < -0.3 is 4.42 Å². The molecule has 7 heteroatoms. The van der Waals surface area contributed by atoms with E-state index < -0.39 is 5.91 Å². The maximum Gasteiger partial charge on any atom is 0.270 e. The zero-order chi connectivity index (χ0) is 10.7. The number of rotatable bonds is 3. The van der Waals surface area contributed by atoms with E-state index in [1.165, 1.54) is 6.26 Å². The predicted molar refractivity (Wildman–Crippen MR) is 50.5 cm³/mol. The molecule has 2 aromatic heterocycles. The minimum atomic E-state index is -0.439. The van der Waals surface area contributed by atoms with Gasteiger partial charge in [-0.1, -0.05) is 11.7 Å². The third kappa shape index (κ3) is 1.90. The van der Waals surface area contributed by atoms with Gasteiger partial charge in [0.25, 0.3) is 11.9 Å². The zero-order valence-corrected chi connectivity index (χ0v) is 7.60. The standard InChI is InChI=1S/C8H7N5O2/c1-5(6-3-2-4-15-6)7(14)9-8-10-12-13-11-8/h2-4H,1H2,(H2,9,10,11,12,13,14). The first kappa shape index (κ1) is 9.13. The van der Waals surface area contributed by atoms with Crippen LogP contribution in [-0.4, -0.2) is 26.5 Å². The average molecular weight is 205 g/mol. The third-order valence-corrected chi connectivity index (χ3v) is 1.66. The molecule has 0 aliphatic rings. The van der Waals surface area contributed by atoms with E-state index in [0.717, 1.165) is 0 Å². The van der Waals surface area contributed by atoms with Crippen LogP contribution in [0.1, 0.15) is 5.76 Å². The molecular weight excluding hydrogens is 198 g/mol. The molecule has 76 valence electrons. The van der Waals surface area contributed by atoms with Crippen molar-refractivity contribution in [3.05, 3.63) is 30.7 Å². The molecule has 2 heterocycles. The minimum Gasteiger partial charge on any atom is -0.464 e.